The van der Waals surface area contributed by atoms with Crippen LogP contribution in [-0.4, -0.2) is 31.3 Å². The van der Waals surface area contributed by atoms with Crippen LogP contribution in [0, 0.1) is 6.92 Å². The van der Waals surface area contributed by atoms with Gasteiger partial charge >= 0.3 is 5.97 Å². The van der Waals surface area contributed by atoms with Crippen molar-refractivity contribution in [1.29, 1.82) is 0 Å². The summed E-state index contributed by atoms with van der Waals surface area (Å²) in [6.07, 6.45) is 0. The predicted molar refractivity (Wildman–Crippen MR) is 91.5 cm³/mol. The highest BCUT2D eigenvalue weighted by molar-refractivity contribution is 7.91. The number of hydrogen-bond acceptors (Lipinski definition) is 5. The molecule has 6 nitrogen and oxygen atoms in total. The van der Waals surface area contributed by atoms with Gasteiger partial charge in [0.1, 0.15) is 4.90 Å². The van der Waals surface area contributed by atoms with Crippen LogP contribution >= 0.6 is 0 Å². The molecule has 0 fully saturated rings. The van der Waals surface area contributed by atoms with Gasteiger partial charge in [-0.3, -0.25) is 0 Å². The Labute approximate surface area is 145 Å². The Kier molecular flexibility index (Phi) is 4.41. The number of hydrogen-bond donors (Lipinski definition) is 0. The van der Waals surface area contributed by atoms with Crippen molar-refractivity contribution in [2.75, 3.05) is 7.11 Å². The zero-order valence-corrected chi connectivity index (χ0v) is 14.5. The van der Waals surface area contributed by atoms with Crippen LogP contribution in [0.15, 0.2) is 70.5 Å². The first-order valence-corrected chi connectivity index (χ1v) is 8.98. The number of carbonyl (C=O) groups is 1. The van der Waals surface area contributed by atoms with Gasteiger partial charge in [0.25, 0.3) is 0 Å². The number of methoxy groups -OCH3 is 1. The Morgan fingerprint density at radius 1 is 1.00 bits per heavy atom. The van der Waals surface area contributed by atoms with E-state index in [1.807, 2.05) is 6.07 Å². The van der Waals surface area contributed by atoms with Crippen LogP contribution in [0.25, 0.3) is 5.69 Å². The van der Waals surface area contributed by atoms with E-state index in [0.717, 1.165) is 0 Å². The van der Waals surface area contributed by atoms with E-state index in [2.05, 4.69) is 5.10 Å². The van der Waals surface area contributed by atoms with E-state index in [4.69, 9.17) is 4.74 Å². The van der Waals surface area contributed by atoms with Gasteiger partial charge in [0.2, 0.25) is 9.84 Å². The number of sulfone groups is 1. The molecule has 25 heavy (non-hydrogen) atoms. The molecule has 7 heteroatoms. The molecule has 0 saturated carbocycles. The topological polar surface area (TPSA) is 78.3 Å². The number of benzene rings is 2. The Morgan fingerprint density at radius 3 is 2.12 bits per heavy atom. The molecule has 0 aliphatic carbocycles. The number of rotatable bonds is 4. The molecular formula is C18H16N2O4S. The summed E-state index contributed by atoms with van der Waals surface area (Å²) in [5.74, 6) is -0.799. The SMILES string of the molecule is COC(=O)c1nn(-c2ccccc2)c(C)c1S(=O)(=O)c1ccccc1. The molecule has 0 spiro atoms. The van der Waals surface area contributed by atoms with Gasteiger partial charge in [0.15, 0.2) is 5.69 Å². The van der Waals surface area contributed by atoms with Gasteiger partial charge in [0.05, 0.1) is 23.4 Å². The molecule has 0 aliphatic rings. The van der Waals surface area contributed by atoms with Crippen molar-refractivity contribution in [3.63, 3.8) is 0 Å². The molecule has 0 saturated heterocycles. The highest BCUT2D eigenvalue weighted by Gasteiger charge is 2.32. The van der Waals surface area contributed by atoms with Crippen molar-refractivity contribution >= 4 is 15.8 Å². The molecule has 1 heterocycles. The summed E-state index contributed by atoms with van der Waals surface area (Å²) in [7, 11) is -2.73. The number of nitrogens with zero attached hydrogens (tertiary/aromatic N) is 2. The predicted octanol–water partition coefficient (Wildman–Crippen LogP) is 2.80. The van der Waals surface area contributed by atoms with Crippen LogP contribution in [0.1, 0.15) is 16.2 Å². The molecular weight excluding hydrogens is 340 g/mol. The van der Waals surface area contributed by atoms with Crippen LogP contribution < -0.4 is 0 Å². The molecule has 0 unspecified atom stereocenters. The summed E-state index contributed by atoms with van der Waals surface area (Å²) in [5.41, 5.74) is 0.767. The summed E-state index contributed by atoms with van der Waals surface area (Å²) in [6, 6.07) is 16.9. The van der Waals surface area contributed by atoms with E-state index in [-0.39, 0.29) is 15.5 Å². The second-order valence-corrected chi connectivity index (χ2v) is 7.21. The van der Waals surface area contributed by atoms with Crippen molar-refractivity contribution in [3.8, 4) is 5.69 Å². The number of para-hydroxylation sites is 1. The molecule has 0 atom stereocenters. The second-order valence-electron chi connectivity index (χ2n) is 5.32. The monoisotopic (exact) mass is 356 g/mol. The van der Waals surface area contributed by atoms with Crippen LogP contribution in [0.4, 0.5) is 0 Å². The zero-order valence-electron chi connectivity index (χ0n) is 13.7. The smallest absolute Gasteiger partial charge is 0.359 e. The van der Waals surface area contributed by atoms with E-state index in [0.29, 0.717) is 11.4 Å². The largest absolute Gasteiger partial charge is 0.464 e. The normalized spacial score (nSPS) is 11.3. The molecule has 1 aromatic heterocycles. The maximum Gasteiger partial charge on any atom is 0.359 e. The third kappa shape index (κ3) is 2.94. The summed E-state index contributed by atoms with van der Waals surface area (Å²) < 4.78 is 32.3. The molecule has 128 valence electrons. The fourth-order valence-electron chi connectivity index (χ4n) is 2.58. The molecule has 2 aromatic carbocycles. The number of aromatic nitrogens is 2. The van der Waals surface area contributed by atoms with E-state index < -0.39 is 15.8 Å². The summed E-state index contributed by atoms with van der Waals surface area (Å²) in [5, 5.41) is 4.21. The average molecular weight is 356 g/mol. The molecule has 3 aromatic rings. The lowest BCUT2D eigenvalue weighted by Crippen LogP contribution is -2.11. The van der Waals surface area contributed by atoms with E-state index in [9.17, 15) is 13.2 Å². The second kappa shape index (κ2) is 6.52. The van der Waals surface area contributed by atoms with E-state index in [1.165, 1.54) is 23.9 Å². The minimum atomic E-state index is -3.93. The lowest BCUT2D eigenvalue weighted by Gasteiger charge is -2.07. The van der Waals surface area contributed by atoms with Crippen molar-refractivity contribution in [1.82, 2.24) is 9.78 Å². The summed E-state index contributed by atoms with van der Waals surface area (Å²) in [4.78, 5) is 12.1. The van der Waals surface area contributed by atoms with Crippen molar-refractivity contribution in [2.45, 2.75) is 16.7 Å². The van der Waals surface area contributed by atoms with Crippen molar-refractivity contribution in [3.05, 3.63) is 72.1 Å². The molecule has 3 rings (SSSR count). The first-order chi connectivity index (χ1) is 12.0. The van der Waals surface area contributed by atoms with Gasteiger partial charge < -0.3 is 4.74 Å². The van der Waals surface area contributed by atoms with Gasteiger partial charge in [0, 0.05) is 0 Å². The van der Waals surface area contributed by atoms with Crippen molar-refractivity contribution in [2.24, 2.45) is 0 Å². The maximum atomic E-state index is 13.1. The molecule has 0 radical (unpaired) electrons. The number of esters is 1. The Hall–Kier alpha value is -2.93. The van der Waals surface area contributed by atoms with Crippen LogP contribution in [0.3, 0.4) is 0 Å². The van der Waals surface area contributed by atoms with Gasteiger partial charge in [-0.15, -0.1) is 0 Å². The summed E-state index contributed by atoms with van der Waals surface area (Å²) >= 11 is 0. The minimum Gasteiger partial charge on any atom is -0.464 e. The fraction of sp³-hybridized carbons (Fsp3) is 0.111. The minimum absolute atomic E-state index is 0.0934. The van der Waals surface area contributed by atoms with Gasteiger partial charge in [-0.05, 0) is 31.2 Å². The quantitative estimate of drug-likeness (QED) is 0.672. The van der Waals surface area contributed by atoms with Gasteiger partial charge in [-0.2, -0.15) is 5.10 Å². The number of ether oxygens (including phenoxy) is 1. The lowest BCUT2D eigenvalue weighted by atomic mass is 10.3. The van der Waals surface area contributed by atoms with Crippen LogP contribution in [0.2, 0.25) is 0 Å². The average Bonchev–Trinajstić information content (AvgIpc) is 3.00. The standard InChI is InChI=1S/C18H16N2O4S/c1-13-17(25(22,23)15-11-7-4-8-12-15)16(18(21)24-2)19-20(13)14-9-5-3-6-10-14/h3-12H,1-2H3. The molecule has 0 N–H and O–H groups in total. The maximum absolute atomic E-state index is 13.1. The Morgan fingerprint density at radius 2 is 1.56 bits per heavy atom. The fourth-order valence-corrected chi connectivity index (χ4v) is 4.18. The Bertz CT molecular complexity index is 1010. The zero-order chi connectivity index (χ0) is 18.0. The first-order valence-electron chi connectivity index (χ1n) is 7.50. The third-order valence-electron chi connectivity index (χ3n) is 3.76. The molecule has 0 amide bonds. The number of carbonyl (C=O) groups excluding carboxylic acids is 1. The molecule has 0 aliphatic heterocycles. The lowest BCUT2D eigenvalue weighted by molar-refractivity contribution is 0.0589. The highest BCUT2D eigenvalue weighted by atomic mass is 32.2. The van der Waals surface area contributed by atoms with Crippen LogP contribution in [0.5, 0.6) is 0 Å². The van der Waals surface area contributed by atoms with E-state index in [1.54, 1.807) is 49.4 Å². The summed E-state index contributed by atoms with van der Waals surface area (Å²) in [6.45, 7) is 1.61. The highest BCUT2D eigenvalue weighted by Crippen LogP contribution is 2.29. The third-order valence-corrected chi connectivity index (χ3v) is 5.68. The first kappa shape index (κ1) is 16.9. The van der Waals surface area contributed by atoms with Gasteiger partial charge in [-0.1, -0.05) is 36.4 Å². The Balaban J connectivity index is 2.29. The van der Waals surface area contributed by atoms with Crippen molar-refractivity contribution < 1.29 is 17.9 Å². The molecule has 0 bridgehead atoms. The van der Waals surface area contributed by atoms with Gasteiger partial charge in [-0.25, -0.2) is 17.9 Å². The van der Waals surface area contributed by atoms with E-state index >= 15 is 0 Å². The van der Waals surface area contributed by atoms with Crippen LogP contribution in [-0.2, 0) is 14.6 Å².